The Bertz CT molecular complexity index is 617. The summed E-state index contributed by atoms with van der Waals surface area (Å²) in [7, 11) is 0. The molecule has 0 N–H and O–H groups in total. The largest absolute Gasteiger partial charge is 0.450 e. The molecule has 0 amide bonds. The molecule has 2 aromatic rings. The van der Waals surface area contributed by atoms with Gasteiger partial charge in [-0.1, -0.05) is 54.6 Å². The van der Waals surface area contributed by atoms with Crippen LogP contribution in [0.4, 0.5) is 0 Å². The van der Waals surface area contributed by atoms with E-state index in [4.69, 9.17) is 4.74 Å². The highest BCUT2D eigenvalue weighted by atomic mass is 16.5. The van der Waals surface area contributed by atoms with Gasteiger partial charge in [0.1, 0.15) is 0 Å². The van der Waals surface area contributed by atoms with Gasteiger partial charge in [0.2, 0.25) is 5.78 Å². The highest BCUT2D eigenvalue weighted by Gasteiger charge is 2.23. The smallest absolute Gasteiger partial charge is 0.338 e. The molecule has 0 saturated heterocycles. The number of carbonyl (C=O) groups excluding carboxylic acids is 2. The van der Waals surface area contributed by atoms with Crippen molar-refractivity contribution < 1.29 is 14.3 Å². The predicted octanol–water partition coefficient (Wildman–Crippen LogP) is 3.67. The van der Waals surface area contributed by atoms with Gasteiger partial charge < -0.3 is 4.74 Å². The maximum absolute atomic E-state index is 12.4. The maximum Gasteiger partial charge on any atom is 0.338 e. The van der Waals surface area contributed by atoms with Gasteiger partial charge in [-0.2, -0.15) is 0 Å². The molecule has 0 aromatic heterocycles. The fourth-order valence-electron chi connectivity index (χ4n) is 1.92. The minimum Gasteiger partial charge on any atom is -0.450 e. The lowest BCUT2D eigenvalue weighted by atomic mass is 10.0. The number of hydrogen-bond donors (Lipinski definition) is 0. The summed E-state index contributed by atoms with van der Waals surface area (Å²) in [5, 5.41) is 0. The molecule has 3 heteroatoms. The Labute approximate surface area is 123 Å². The van der Waals surface area contributed by atoms with Crippen molar-refractivity contribution in [1.82, 2.24) is 0 Å². The summed E-state index contributed by atoms with van der Waals surface area (Å²) < 4.78 is 5.33. The Kier molecular flexibility index (Phi) is 5.04. The van der Waals surface area contributed by atoms with Gasteiger partial charge in [0, 0.05) is 12.0 Å². The zero-order chi connectivity index (χ0) is 15.1. The first-order chi connectivity index (χ1) is 10.2. The lowest BCUT2D eigenvalue weighted by Crippen LogP contribution is -2.27. The molecular formula is C18H16O3. The normalized spacial score (nSPS) is 11.4. The number of benzene rings is 2. The SMILES string of the molecule is C=CCC(OC(=O)c1ccccc1)C(=O)c1ccccc1. The molecule has 0 aliphatic carbocycles. The lowest BCUT2D eigenvalue weighted by molar-refractivity contribution is 0.0290. The molecule has 1 unspecified atom stereocenters. The van der Waals surface area contributed by atoms with Gasteiger partial charge in [0.15, 0.2) is 6.10 Å². The maximum atomic E-state index is 12.4. The van der Waals surface area contributed by atoms with Crippen molar-refractivity contribution in [3.05, 3.63) is 84.4 Å². The van der Waals surface area contributed by atoms with Crippen LogP contribution in [0.2, 0.25) is 0 Å². The second-order valence-corrected chi connectivity index (χ2v) is 4.51. The summed E-state index contributed by atoms with van der Waals surface area (Å²) in [4.78, 5) is 24.4. The topological polar surface area (TPSA) is 43.4 Å². The first kappa shape index (κ1) is 14.7. The number of rotatable bonds is 6. The van der Waals surface area contributed by atoms with Gasteiger partial charge in [-0.05, 0) is 12.1 Å². The Balaban J connectivity index is 2.14. The van der Waals surface area contributed by atoms with E-state index in [1.165, 1.54) is 0 Å². The first-order valence-corrected chi connectivity index (χ1v) is 6.68. The highest BCUT2D eigenvalue weighted by Crippen LogP contribution is 2.13. The van der Waals surface area contributed by atoms with Crippen LogP contribution in [0.1, 0.15) is 27.1 Å². The van der Waals surface area contributed by atoms with Crippen LogP contribution in [0.15, 0.2) is 73.3 Å². The Morgan fingerprint density at radius 3 is 2.00 bits per heavy atom. The third kappa shape index (κ3) is 3.89. The van der Waals surface area contributed by atoms with Crippen molar-refractivity contribution in [2.75, 3.05) is 0 Å². The van der Waals surface area contributed by atoms with E-state index in [0.29, 0.717) is 11.1 Å². The molecule has 0 bridgehead atoms. The van der Waals surface area contributed by atoms with Crippen LogP contribution in [-0.2, 0) is 4.74 Å². The summed E-state index contributed by atoms with van der Waals surface area (Å²) in [6.07, 6.45) is 1.01. The minimum absolute atomic E-state index is 0.222. The fourth-order valence-corrected chi connectivity index (χ4v) is 1.92. The number of ether oxygens (including phenoxy) is 1. The first-order valence-electron chi connectivity index (χ1n) is 6.68. The second-order valence-electron chi connectivity index (χ2n) is 4.51. The van der Waals surface area contributed by atoms with Crippen LogP contribution >= 0.6 is 0 Å². The van der Waals surface area contributed by atoms with Crippen molar-refractivity contribution >= 4 is 11.8 Å². The molecular weight excluding hydrogens is 264 g/mol. The van der Waals surface area contributed by atoms with E-state index in [0.717, 1.165) is 0 Å². The standard InChI is InChI=1S/C18H16O3/c1-2-9-16(17(19)14-10-5-3-6-11-14)21-18(20)15-12-7-4-8-13-15/h2-8,10-13,16H,1,9H2. The molecule has 0 heterocycles. The van der Waals surface area contributed by atoms with Crippen molar-refractivity contribution in [3.63, 3.8) is 0 Å². The Morgan fingerprint density at radius 2 is 1.48 bits per heavy atom. The summed E-state index contributed by atoms with van der Waals surface area (Å²) in [5.41, 5.74) is 0.942. The molecule has 21 heavy (non-hydrogen) atoms. The van der Waals surface area contributed by atoms with E-state index in [9.17, 15) is 9.59 Å². The second kappa shape index (κ2) is 7.20. The number of hydrogen-bond acceptors (Lipinski definition) is 3. The van der Waals surface area contributed by atoms with Crippen LogP contribution in [0, 0.1) is 0 Å². The van der Waals surface area contributed by atoms with Gasteiger partial charge in [0.05, 0.1) is 5.56 Å². The summed E-state index contributed by atoms with van der Waals surface area (Å²) in [6.45, 7) is 3.61. The van der Waals surface area contributed by atoms with E-state index in [1.807, 2.05) is 12.1 Å². The lowest BCUT2D eigenvalue weighted by Gasteiger charge is -2.15. The van der Waals surface area contributed by atoms with E-state index >= 15 is 0 Å². The van der Waals surface area contributed by atoms with E-state index in [2.05, 4.69) is 6.58 Å². The Morgan fingerprint density at radius 1 is 0.952 bits per heavy atom. The van der Waals surface area contributed by atoms with Crippen LogP contribution in [0.3, 0.4) is 0 Å². The van der Waals surface area contributed by atoms with Gasteiger partial charge in [-0.3, -0.25) is 4.79 Å². The summed E-state index contributed by atoms with van der Waals surface area (Å²) in [5.74, 6) is -0.730. The number of ketones is 1. The number of esters is 1. The molecule has 0 fully saturated rings. The fraction of sp³-hybridized carbons (Fsp3) is 0.111. The number of carbonyl (C=O) groups is 2. The molecule has 1 atom stereocenters. The van der Waals surface area contributed by atoms with Crippen molar-refractivity contribution in [1.29, 1.82) is 0 Å². The molecule has 2 aromatic carbocycles. The van der Waals surface area contributed by atoms with Crippen LogP contribution in [-0.4, -0.2) is 17.9 Å². The third-order valence-corrected chi connectivity index (χ3v) is 2.99. The number of Topliss-reactive ketones (excluding diaryl/α,β-unsaturated/α-hetero) is 1. The molecule has 2 rings (SSSR count). The van der Waals surface area contributed by atoms with Gasteiger partial charge in [-0.15, -0.1) is 6.58 Å². The van der Waals surface area contributed by atoms with Crippen LogP contribution in [0.25, 0.3) is 0 Å². The van der Waals surface area contributed by atoms with Crippen LogP contribution < -0.4 is 0 Å². The summed E-state index contributed by atoms with van der Waals surface area (Å²) >= 11 is 0. The molecule has 0 saturated carbocycles. The van der Waals surface area contributed by atoms with Crippen LogP contribution in [0.5, 0.6) is 0 Å². The van der Waals surface area contributed by atoms with Crippen molar-refractivity contribution in [3.8, 4) is 0 Å². The van der Waals surface area contributed by atoms with Gasteiger partial charge in [-0.25, -0.2) is 4.79 Å². The quantitative estimate of drug-likeness (QED) is 0.460. The zero-order valence-electron chi connectivity index (χ0n) is 11.6. The third-order valence-electron chi connectivity index (χ3n) is 2.99. The summed E-state index contributed by atoms with van der Waals surface area (Å²) in [6, 6.07) is 17.4. The molecule has 0 radical (unpaired) electrons. The minimum atomic E-state index is -0.849. The average Bonchev–Trinajstić information content (AvgIpc) is 2.55. The zero-order valence-corrected chi connectivity index (χ0v) is 11.6. The van der Waals surface area contributed by atoms with Gasteiger partial charge >= 0.3 is 5.97 Å². The molecule has 0 spiro atoms. The van der Waals surface area contributed by atoms with Gasteiger partial charge in [0.25, 0.3) is 0 Å². The van der Waals surface area contributed by atoms with E-state index < -0.39 is 12.1 Å². The van der Waals surface area contributed by atoms with E-state index in [-0.39, 0.29) is 12.2 Å². The van der Waals surface area contributed by atoms with Crippen molar-refractivity contribution in [2.45, 2.75) is 12.5 Å². The van der Waals surface area contributed by atoms with Crippen molar-refractivity contribution in [2.24, 2.45) is 0 Å². The molecule has 3 nitrogen and oxygen atoms in total. The predicted molar refractivity (Wildman–Crippen MR) is 81.2 cm³/mol. The highest BCUT2D eigenvalue weighted by molar-refractivity contribution is 6.01. The van der Waals surface area contributed by atoms with E-state index in [1.54, 1.807) is 54.6 Å². The monoisotopic (exact) mass is 280 g/mol. The average molecular weight is 280 g/mol. The molecule has 106 valence electrons. The molecule has 0 aliphatic rings. The Hall–Kier alpha value is -2.68. The molecule has 0 aliphatic heterocycles.